The number of hydrogen-bond acceptors (Lipinski definition) is 2. The van der Waals surface area contributed by atoms with Crippen LogP contribution in [-0.4, -0.2) is 18.1 Å². The predicted octanol–water partition coefficient (Wildman–Crippen LogP) is 4.74. The van der Waals surface area contributed by atoms with Crippen molar-refractivity contribution in [3.05, 3.63) is 30.1 Å². The number of aromatic nitrogens is 1. The number of hydrogen-bond donors (Lipinski definition) is 1. The van der Waals surface area contributed by atoms with Gasteiger partial charge in [0, 0.05) is 11.9 Å². The molecule has 1 aromatic heterocycles. The van der Waals surface area contributed by atoms with Crippen molar-refractivity contribution in [1.29, 1.82) is 0 Å². The molecule has 114 valence electrons. The molecule has 0 spiro atoms. The number of unbranched alkanes of at least 4 members (excludes halogenated alkanes) is 7. The third kappa shape index (κ3) is 9.96. The minimum atomic E-state index is 1.09. The first-order valence-electron chi connectivity index (χ1n) is 8.54. The minimum absolute atomic E-state index is 1.09. The fourth-order valence-corrected chi connectivity index (χ4v) is 2.45. The van der Waals surface area contributed by atoms with Gasteiger partial charge in [-0.1, -0.05) is 57.9 Å². The summed E-state index contributed by atoms with van der Waals surface area (Å²) in [5.74, 6) is 0. The maximum absolute atomic E-state index is 4.34. The third-order valence-electron chi connectivity index (χ3n) is 3.72. The molecule has 0 aromatic carbocycles. The highest BCUT2D eigenvalue weighted by atomic mass is 14.8. The van der Waals surface area contributed by atoms with E-state index < -0.39 is 0 Å². The van der Waals surface area contributed by atoms with Gasteiger partial charge in [0.15, 0.2) is 0 Å². The molecular weight excluding hydrogens is 244 g/mol. The topological polar surface area (TPSA) is 24.9 Å². The number of nitrogens with one attached hydrogen (secondary N) is 1. The van der Waals surface area contributed by atoms with Crippen LogP contribution in [0.25, 0.3) is 0 Å². The number of aryl methyl sites for hydroxylation is 1. The quantitative estimate of drug-likeness (QED) is 0.526. The fraction of sp³-hybridized carbons (Fsp3) is 0.722. The van der Waals surface area contributed by atoms with Crippen molar-refractivity contribution in [2.45, 2.75) is 71.1 Å². The van der Waals surface area contributed by atoms with Gasteiger partial charge in [0.1, 0.15) is 0 Å². The SMILES string of the molecule is CCCCCCCCCCNCCCc1ccccn1. The Labute approximate surface area is 125 Å². The normalized spacial score (nSPS) is 10.8. The monoisotopic (exact) mass is 276 g/mol. The van der Waals surface area contributed by atoms with E-state index in [1.54, 1.807) is 0 Å². The molecule has 0 bridgehead atoms. The van der Waals surface area contributed by atoms with E-state index in [2.05, 4.69) is 29.4 Å². The second-order valence-electron chi connectivity index (χ2n) is 5.65. The van der Waals surface area contributed by atoms with E-state index >= 15 is 0 Å². The summed E-state index contributed by atoms with van der Waals surface area (Å²) in [6.45, 7) is 4.57. The van der Waals surface area contributed by atoms with Crippen LogP contribution in [0.1, 0.15) is 70.4 Å². The first-order valence-corrected chi connectivity index (χ1v) is 8.54. The molecule has 0 fully saturated rings. The van der Waals surface area contributed by atoms with Crippen LogP contribution in [0.4, 0.5) is 0 Å². The lowest BCUT2D eigenvalue weighted by atomic mass is 10.1. The summed E-state index contributed by atoms with van der Waals surface area (Å²) in [6, 6.07) is 6.15. The zero-order valence-electron chi connectivity index (χ0n) is 13.2. The lowest BCUT2D eigenvalue weighted by molar-refractivity contribution is 0.550. The molecule has 0 saturated carbocycles. The molecule has 1 heterocycles. The van der Waals surface area contributed by atoms with E-state index in [4.69, 9.17) is 0 Å². The van der Waals surface area contributed by atoms with Gasteiger partial charge in [0.2, 0.25) is 0 Å². The van der Waals surface area contributed by atoms with E-state index in [1.165, 1.54) is 70.0 Å². The van der Waals surface area contributed by atoms with Crippen LogP contribution < -0.4 is 5.32 Å². The van der Waals surface area contributed by atoms with Crippen LogP contribution in [0.15, 0.2) is 24.4 Å². The lowest BCUT2D eigenvalue weighted by Crippen LogP contribution is -2.17. The first-order chi connectivity index (χ1) is 9.93. The summed E-state index contributed by atoms with van der Waals surface area (Å²) in [6.07, 6.45) is 15.4. The Kier molecular flexibility index (Phi) is 11.2. The number of pyridine rings is 1. The molecule has 2 heteroatoms. The number of nitrogens with zero attached hydrogens (tertiary/aromatic N) is 1. The third-order valence-corrected chi connectivity index (χ3v) is 3.72. The maximum Gasteiger partial charge on any atom is 0.0404 e. The largest absolute Gasteiger partial charge is 0.317 e. The van der Waals surface area contributed by atoms with E-state index in [0.717, 1.165) is 13.0 Å². The second-order valence-corrected chi connectivity index (χ2v) is 5.65. The van der Waals surface area contributed by atoms with Gasteiger partial charge in [-0.2, -0.15) is 0 Å². The smallest absolute Gasteiger partial charge is 0.0404 e. The lowest BCUT2D eigenvalue weighted by Gasteiger charge is -2.05. The molecule has 20 heavy (non-hydrogen) atoms. The molecule has 1 N–H and O–H groups in total. The van der Waals surface area contributed by atoms with E-state index in [0.29, 0.717) is 0 Å². The summed E-state index contributed by atoms with van der Waals surface area (Å²) in [5.41, 5.74) is 1.21. The molecule has 0 saturated heterocycles. The zero-order valence-corrected chi connectivity index (χ0v) is 13.2. The van der Waals surface area contributed by atoms with Crippen molar-refractivity contribution in [2.24, 2.45) is 0 Å². The predicted molar refractivity (Wildman–Crippen MR) is 88.0 cm³/mol. The van der Waals surface area contributed by atoms with Crippen LogP contribution in [0.2, 0.25) is 0 Å². The van der Waals surface area contributed by atoms with Crippen molar-refractivity contribution in [3.8, 4) is 0 Å². The van der Waals surface area contributed by atoms with Gasteiger partial charge in [-0.3, -0.25) is 4.98 Å². The average molecular weight is 276 g/mol. The van der Waals surface area contributed by atoms with Crippen molar-refractivity contribution < 1.29 is 0 Å². The summed E-state index contributed by atoms with van der Waals surface area (Å²) in [7, 11) is 0. The zero-order chi connectivity index (χ0) is 14.3. The van der Waals surface area contributed by atoms with Crippen LogP contribution in [0.5, 0.6) is 0 Å². The molecule has 0 atom stereocenters. The molecule has 1 rings (SSSR count). The summed E-state index contributed by atoms with van der Waals surface area (Å²) < 4.78 is 0. The Morgan fingerprint density at radius 2 is 1.55 bits per heavy atom. The van der Waals surface area contributed by atoms with Crippen LogP contribution in [0.3, 0.4) is 0 Å². The first kappa shape index (κ1) is 17.2. The molecule has 0 amide bonds. The van der Waals surface area contributed by atoms with Gasteiger partial charge in [-0.25, -0.2) is 0 Å². The molecule has 0 aliphatic carbocycles. The summed E-state index contributed by atoms with van der Waals surface area (Å²) >= 11 is 0. The van der Waals surface area contributed by atoms with Crippen LogP contribution >= 0.6 is 0 Å². The highest BCUT2D eigenvalue weighted by Crippen LogP contribution is 2.07. The Hall–Kier alpha value is -0.890. The molecule has 0 aliphatic rings. The van der Waals surface area contributed by atoms with Crippen molar-refractivity contribution in [1.82, 2.24) is 10.3 Å². The van der Waals surface area contributed by atoms with Crippen LogP contribution in [-0.2, 0) is 6.42 Å². The van der Waals surface area contributed by atoms with E-state index in [-0.39, 0.29) is 0 Å². The highest BCUT2D eigenvalue weighted by Gasteiger charge is 1.94. The molecule has 0 aliphatic heterocycles. The van der Waals surface area contributed by atoms with Gasteiger partial charge in [-0.05, 0) is 44.5 Å². The Morgan fingerprint density at radius 1 is 0.850 bits per heavy atom. The van der Waals surface area contributed by atoms with Gasteiger partial charge >= 0.3 is 0 Å². The molecule has 0 unspecified atom stereocenters. The summed E-state index contributed by atoms with van der Waals surface area (Å²) in [4.78, 5) is 4.34. The van der Waals surface area contributed by atoms with Crippen molar-refractivity contribution >= 4 is 0 Å². The molecular formula is C18H32N2. The van der Waals surface area contributed by atoms with Gasteiger partial charge in [0.25, 0.3) is 0 Å². The maximum atomic E-state index is 4.34. The Balaban J connectivity index is 1.77. The fourth-order valence-electron chi connectivity index (χ4n) is 2.45. The van der Waals surface area contributed by atoms with Crippen molar-refractivity contribution in [3.63, 3.8) is 0 Å². The molecule has 1 aromatic rings. The minimum Gasteiger partial charge on any atom is -0.317 e. The van der Waals surface area contributed by atoms with Gasteiger partial charge in [0.05, 0.1) is 0 Å². The van der Waals surface area contributed by atoms with Crippen molar-refractivity contribution in [2.75, 3.05) is 13.1 Å². The summed E-state index contributed by atoms with van der Waals surface area (Å²) in [5, 5.41) is 3.54. The highest BCUT2D eigenvalue weighted by molar-refractivity contribution is 5.03. The van der Waals surface area contributed by atoms with Gasteiger partial charge < -0.3 is 5.32 Å². The average Bonchev–Trinajstić information content (AvgIpc) is 2.49. The number of rotatable bonds is 13. The Morgan fingerprint density at radius 3 is 2.25 bits per heavy atom. The molecule has 0 radical (unpaired) electrons. The van der Waals surface area contributed by atoms with E-state index in [9.17, 15) is 0 Å². The van der Waals surface area contributed by atoms with Gasteiger partial charge in [-0.15, -0.1) is 0 Å². The second kappa shape index (κ2) is 13.1. The standard InChI is InChI=1S/C18H32N2/c1-2-3-4-5-6-7-8-10-15-19-16-12-14-18-13-9-11-17-20-18/h9,11,13,17,19H,2-8,10,12,14-16H2,1H3. The van der Waals surface area contributed by atoms with E-state index in [1.807, 2.05) is 12.3 Å². The van der Waals surface area contributed by atoms with Crippen LogP contribution in [0, 0.1) is 0 Å². The Bertz CT molecular complexity index is 298. The molecule has 2 nitrogen and oxygen atoms in total.